The molecule has 1 heteroatoms. The van der Waals surface area contributed by atoms with Crippen LogP contribution in [0.25, 0.3) is 0 Å². The van der Waals surface area contributed by atoms with Gasteiger partial charge in [-0.05, 0) is 39.5 Å². The molecule has 2 atom stereocenters. The van der Waals surface area contributed by atoms with Gasteiger partial charge in [-0.15, -0.1) is 0 Å². The van der Waals surface area contributed by atoms with E-state index in [1.54, 1.807) is 0 Å². The molecule has 0 aliphatic carbocycles. The van der Waals surface area contributed by atoms with Crippen LogP contribution >= 0.6 is 0 Å². The lowest BCUT2D eigenvalue weighted by Crippen LogP contribution is -2.26. The fourth-order valence-corrected chi connectivity index (χ4v) is 2.26. The topological polar surface area (TPSA) is 9.23 Å². The molecule has 0 aromatic rings. The van der Waals surface area contributed by atoms with Crippen molar-refractivity contribution in [1.82, 2.24) is 0 Å². The molecular formula is C14H26O. The van der Waals surface area contributed by atoms with Gasteiger partial charge in [0, 0.05) is 0 Å². The van der Waals surface area contributed by atoms with Gasteiger partial charge in [0.15, 0.2) is 0 Å². The largest absolute Gasteiger partial charge is 0.371 e. The first kappa shape index (κ1) is 12.8. The van der Waals surface area contributed by atoms with Crippen LogP contribution in [0, 0.1) is 0 Å². The standard InChI is InChI=1S/C14H26O/c1-4-5-6-8-13-9-7-10-14(15-13)11-12(2)3/h11,13-14H,4-10H2,1-3H3/t13-,14-/m1/s1. The van der Waals surface area contributed by atoms with Gasteiger partial charge in [-0.3, -0.25) is 0 Å². The molecule has 1 aliphatic heterocycles. The first-order valence-corrected chi connectivity index (χ1v) is 6.53. The minimum absolute atomic E-state index is 0.398. The second-order valence-corrected chi connectivity index (χ2v) is 4.97. The van der Waals surface area contributed by atoms with Crippen LogP contribution in [0.15, 0.2) is 11.6 Å². The van der Waals surface area contributed by atoms with Crippen LogP contribution in [0.3, 0.4) is 0 Å². The van der Waals surface area contributed by atoms with Crippen LogP contribution in [-0.2, 0) is 4.74 Å². The Morgan fingerprint density at radius 2 is 2.07 bits per heavy atom. The zero-order chi connectivity index (χ0) is 11.1. The number of hydrogen-bond acceptors (Lipinski definition) is 1. The van der Waals surface area contributed by atoms with Crippen molar-refractivity contribution in [2.45, 2.75) is 77.9 Å². The third-order valence-electron chi connectivity index (χ3n) is 3.03. The van der Waals surface area contributed by atoms with Crippen molar-refractivity contribution in [3.05, 3.63) is 11.6 Å². The summed E-state index contributed by atoms with van der Waals surface area (Å²) in [5.74, 6) is 0. The van der Waals surface area contributed by atoms with Crippen LogP contribution in [0.1, 0.15) is 65.7 Å². The van der Waals surface area contributed by atoms with Crippen LogP contribution in [0.4, 0.5) is 0 Å². The number of allylic oxidation sites excluding steroid dienone is 1. The molecule has 0 bridgehead atoms. The Labute approximate surface area is 94.9 Å². The highest BCUT2D eigenvalue weighted by atomic mass is 16.5. The van der Waals surface area contributed by atoms with E-state index < -0.39 is 0 Å². The van der Waals surface area contributed by atoms with Crippen LogP contribution in [0.2, 0.25) is 0 Å². The summed E-state index contributed by atoms with van der Waals surface area (Å²) in [5, 5.41) is 0. The molecule has 1 nitrogen and oxygen atoms in total. The van der Waals surface area contributed by atoms with E-state index in [9.17, 15) is 0 Å². The van der Waals surface area contributed by atoms with Crippen molar-refractivity contribution in [3.63, 3.8) is 0 Å². The van der Waals surface area contributed by atoms with Crippen LogP contribution < -0.4 is 0 Å². The molecule has 0 aromatic heterocycles. The van der Waals surface area contributed by atoms with E-state index in [0.717, 1.165) is 0 Å². The van der Waals surface area contributed by atoms with Gasteiger partial charge in [0.25, 0.3) is 0 Å². The van der Waals surface area contributed by atoms with Gasteiger partial charge in [0.1, 0.15) is 0 Å². The Hall–Kier alpha value is -0.300. The zero-order valence-corrected chi connectivity index (χ0v) is 10.6. The molecule has 1 saturated heterocycles. The minimum Gasteiger partial charge on any atom is -0.371 e. The van der Waals surface area contributed by atoms with E-state index in [-0.39, 0.29) is 0 Å². The number of unbranched alkanes of at least 4 members (excludes halogenated alkanes) is 2. The monoisotopic (exact) mass is 210 g/mol. The molecule has 1 heterocycles. The summed E-state index contributed by atoms with van der Waals surface area (Å²) >= 11 is 0. The molecule has 0 N–H and O–H groups in total. The summed E-state index contributed by atoms with van der Waals surface area (Å²) in [6, 6.07) is 0. The summed E-state index contributed by atoms with van der Waals surface area (Å²) in [5.41, 5.74) is 1.38. The fourth-order valence-electron chi connectivity index (χ4n) is 2.26. The van der Waals surface area contributed by atoms with E-state index >= 15 is 0 Å². The minimum atomic E-state index is 0.398. The lowest BCUT2D eigenvalue weighted by atomic mass is 9.99. The molecule has 88 valence electrons. The molecule has 0 amide bonds. The molecule has 15 heavy (non-hydrogen) atoms. The molecule has 0 spiro atoms. The maximum atomic E-state index is 6.07. The Morgan fingerprint density at radius 3 is 2.73 bits per heavy atom. The lowest BCUT2D eigenvalue weighted by molar-refractivity contribution is -0.0302. The van der Waals surface area contributed by atoms with Crippen LogP contribution in [-0.4, -0.2) is 12.2 Å². The molecule has 0 unspecified atom stereocenters. The van der Waals surface area contributed by atoms with E-state index in [0.29, 0.717) is 12.2 Å². The van der Waals surface area contributed by atoms with Crippen molar-refractivity contribution in [3.8, 4) is 0 Å². The molecular weight excluding hydrogens is 184 g/mol. The summed E-state index contributed by atoms with van der Waals surface area (Å²) in [4.78, 5) is 0. The maximum absolute atomic E-state index is 6.07. The fraction of sp³-hybridized carbons (Fsp3) is 0.857. The second-order valence-electron chi connectivity index (χ2n) is 4.97. The van der Waals surface area contributed by atoms with Gasteiger partial charge in [0.05, 0.1) is 12.2 Å². The van der Waals surface area contributed by atoms with Gasteiger partial charge in [-0.1, -0.05) is 37.8 Å². The highest BCUT2D eigenvalue weighted by Crippen LogP contribution is 2.24. The summed E-state index contributed by atoms with van der Waals surface area (Å²) in [6.07, 6.45) is 12.3. The Kier molecular flexibility index (Phi) is 6.00. The third-order valence-corrected chi connectivity index (χ3v) is 3.03. The van der Waals surface area contributed by atoms with Gasteiger partial charge >= 0.3 is 0 Å². The number of hydrogen-bond donors (Lipinski definition) is 0. The van der Waals surface area contributed by atoms with E-state index in [1.165, 1.54) is 50.5 Å². The highest BCUT2D eigenvalue weighted by Gasteiger charge is 2.19. The van der Waals surface area contributed by atoms with Crippen molar-refractivity contribution in [1.29, 1.82) is 0 Å². The molecule has 1 rings (SSSR count). The molecule has 1 aliphatic rings. The quantitative estimate of drug-likeness (QED) is 0.480. The number of ether oxygens (including phenoxy) is 1. The summed E-state index contributed by atoms with van der Waals surface area (Å²) in [7, 11) is 0. The summed E-state index contributed by atoms with van der Waals surface area (Å²) in [6.45, 7) is 6.57. The average Bonchev–Trinajstić information content (AvgIpc) is 2.18. The van der Waals surface area contributed by atoms with E-state index in [1.807, 2.05) is 0 Å². The van der Waals surface area contributed by atoms with Crippen molar-refractivity contribution >= 4 is 0 Å². The second kappa shape index (κ2) is 7.05. The normalized spacial score (nSPS) is 26.3. The third kappa shape index (κ3) is 5.36. The lowest BCUT2D eigenvalue weighted by Gasteiger charge is -2.28. The molecule has 0 aromatic carbocycles. The SMILES string of the molecule is CCCCC[C@@H]1CCC[C@H](C=C(C)C)O1. The zero-order valence-electron chi connectivity index (χ0n) is 10.6. The van der Waals surface area contributed by atoms with Crippen molar-refractivity contribution < 1.29 is 4.74 Å². The molecule has 0 saturated carbocycles. The van der Waals surface area contributed by atoms with E-state index in [2.05, 4.69) is 26.8 Å². The van der Waals surface area contributed by atoms with Gasteiger partial charge in [-0.25, -0.2) is 0 Å². The van der Waals surface area contributed by atoms with Gasteiger partial charge < -0.3 is 4.74 Å². The number of rotatable bonds is 5. The predicted molar refractivity (Wildman–Crippen MR) is 66.1 cm³/mol. The van der Waals surface area contributed by atoms with Crippen molar-refractivity contribution in [2.24, 2.45) is 0 Å². The Bertz CT molecular complexity index is 192. The Balaban J connectivity index is 2.26. The predicted octanol–water partition coefficient (Wildman–Crippen LogP) is 4.47. The van der Waals surface area contributed by atoms with Gasteiger partial charge in [0.2, 0.25) is 0 Å². The average molecular weight is 210 g/mol. The summed E-state index contributed by atoms with van der Waals surface area (Å²) < 4.78 is 6.07. The van der Waals surface area contributed by atoms with Crippen molar-refractivity contribution in [2.75, 3.05) is 0 Å². The highest BCUT2D eigenvalue weighted by molar-refractivity contribution is 4.99. The first-order chi connectivity index (χ1) is 7.22. The van der Waals surface area contributed by atoms with E-state index in [4.69, 9.17) is 4.74 Å². The first-order valence-electron chi connectivity index (χ1n) is 6.53. The van der Waals surface area contributed by atoms with Gasteiger partial charge in [-0.2, -0.15) is 0 Å². The van der Waals surface area contributed by atoms with Crippen LogP contribution in [0.5, 0.6) is 0 Å². The molecule has 0 radical (unpaired) electrons. The maximum Gasteiger partial charge on any atom is 0.0762 e. The molecule has 1 fully saturated rings. The smallest absolute Gasteiger partial charge is 0.0762 e. The Morgan fingerprint density at radius 1 is 1.27 bits per heavy atom.